The van der Waals surface area contributed by atoms with Crippen molar-refractivity contribution in [1.82, 2.24) is 15.0 Å². The van der Waals surface area contributed by atoms with Crippen LogP contribution in [0.5, 0.6) is 0 Å². The molecule has 0 saturated heterocycles. The number of benzene rings is 3. The van der Waals surface area contributed by atoms with Crippen LogP contribution in [0, 0.1) is 0 Å². The smallest absolute Gasteiger partial charge is 0.164 e. The number of rotatable bonds is 3. The molecule has 0 spiro atoms. The molecule has 0 amide bonds. The van der Waals surface area contributed by atoms with Crippen molar-refractivity contribution in [3.05, 3.63) is 91.2 Å². The molecule has 0 aliphatic rings. The summed E-state index contributed by atoms with van der Waals surface area (Å²) >= 11 is 0. The Morgan fingerprint density at radius 3 is 1.74 bits per heavy atom. The van der Waals surface area contributed by atoms with Gasteiger partial charge in [0.25, 0.3) is 0 Å². The summed E-state index contributed by atoms with van der Waals surface area (Å²) in [5, 5.41) is 0.988. The van der Waals surface area contributed by atoms with Crippen molar-refractivity contribution in [2.45, 2.75) is 0 Å². The van der Waals surface area contributed by atoms with Gasteiger partial charge in [-0.05, 0) is 12.1 Å². The molecule has 0 unspecified atom stereocenters. The zero-order chi connectivity index (χ0) is 18.1. The van der Waals surface area contributed by atoms with E-state index in [2.05, 4.69) is 0 Å². The first-order chi connectivity index (χ1) is 13.4. The zero-order valence-electron chi connectivity index (χ0n) is 14.4. The predicted octanol–water partition coefficient (Wildman–Crippen LogP) is 5.62. The third-order valence-electron chi connectivity index (χ3n) is 4.44. The molecule has 2 heterocycles. The average molecular weight is 349 g/mol. The molecule has 5 aromatic rings. The van der Waals surface area contributed by atoms with Crippen LogP contribution in [0.3, 0.4) is 0 Å². The Morgan fingerprint density at radius 2 is 1.11 bits per heavy atom. The molecule has 0 aliphatic carbocycles. The van der Waals surface area contributed by atoms with Gasteiger partial charge in [-0.25, -0.2) is 15.0 Å². The Morgan fingerprint density at radius 1 is 0.519 bits per heavy atom. The molecular weight excluding hydrogens is 334 g/mol. The highest BCUT2D eigenvalue weighted by Gasteiger charge is 2.14. The molecule has 4 heteroatoms. The van der Waals surface area contributed by atoms with E-state index in [1.165, 1.54) is 0 Å². The Labute approximate surface area is 156 Å². The third-order valence-corrected chi connectivity index (χ3v) is 4.44. The standard InChI is InChI=1S/C23H15N3O/c1-3-8-16(9-4-1)21-24-22(17-10-5-2-6-11-17)26-23(25-21)19-12-7-13-20-18(19)14-15-27-20/h1-15H. The fraction of sp³-hybridized carbons (Fsp3) is 0. The largest absolute Gasteiger partial charge is 0.464 e. The van der Waals surface area contributed by atoms with Gasteiger partial charge in [0.1, 0.15) is 5.58 Å². The van der Waals surface area contributed by atoms with Crippen LogP contribution in [0.1, 0.15) is 0 Å². The maximum atomic E-state index is 5.54. The van der Waals surface area contributed by atoms with Gasteiger partial charge in [0.15, 0.2) is 17.5 Å². The fourth-order valence-corrected chi connectivity index (χ4v) is 3.12. The second-order valence-corrected chi connectivity index (χ2v) is 6.18. The van der Waals surface area contributed by atoms with Crippen LogP contribution in [0.2, 0.25) is 0 Å². The van der Waals surface area contributed by atoms with Crippen LogP contribution in [0.15, 0.2) is 95.6 Å². The summed E-state index contributed by atoms with van der Waals surface area (Å²) in [4.78, 5) is 14.3. The van der Waals surface area contributed by atoms with Crippen molar-refractivity contribution in [2.75, 3.05) is 0 Å². The number of furan rings is 1. The lowest BCUT2D eigenvalue weighted by atomic mass is 10.1. The van der Waals surface area contributed by atoms with Crippen molar-refractivity contribution >= 4 is 11.0 Å². The van der Waals surface area contributed by atoms with Crippen molar-refractivity contribution in [2.24, 2.45) is 0 Å². The van der Waals surface area contributed by atoms with E-state index in [9.17, 15) is 0 Å². The number of hydrogen-bond acceptors (Lipinski definition) is 4. The third kappa shape index (κ3) is 2.87. The van der Waals surface area contributed by atoms with Crippen molar-refractivity contribution in [3.63, 3.8) is 0 Å². The first kappa shape index (κ1) is 15.5. The minimum atomic E-state index is 0.634. The van der Waals surface area contributed by atoms with Crippen molar-refractivity contribution < 1.29 is 4.42 Å². The van der Waals surface area contributed by atoms with Gasteiger partial charge in [-0.3, -0.25) is 0 Å². The van der Waals surface area contributed by atoms with Gasteiger partial charge < -0.3 is 4.42 Å². The molecule has 2 aromatic heterocycles. The summed E-state index contributed by atoms with van der Waals surface area (Å²) < 4.78 is 5.54. The van der Waals surface area contributed by atoms with Crippen LogP contribution in [0.25, 0.3) is 45.1 Å². The molecule has 0 radical (unpaired) electrons. The Kier molecular flexibility index (Phi) is 3.72. The lowest BCUT2D eigenvalue weighted by Crippen LogP contribution is -2.00. The molecule has 128 valence electrons. The highest BCUT2D eigenvalue weighted by Crippen LogP contribution is 2.30. The van der Waals surface area contributed by atoms with Gasteiger partial charge in [-0.15, -0.1) is 0 Å². The SMILES string of the molecule is c1ccc(-c2nc(-c3ccccc3)nc(-c3cccc4occc34)n2)cc1. The van der Waals surface area contributed by atoms with Crippen LogP contribution in [0.4, 0.5) is 0 Å². The number of aromatic nitrogens is 3. The summed E-state index contributed by atoms with van der Waals surface area (Å²) in [6.07, 6.45) is 1.69. The van der Waals surface area contributed by atoms with Crippen molar-refractivity contribution in [1.29, 1.82) is 0 Å². The van der Waals surface area contributed by atoms with Crippen LogP contribution in [-0.4, -0.2) is 15.0 Å². The quantitative estimate of drug-likeness (QED) is 0.424. The van der Waals surface area contributed by atoms with E-state index in [0.29, 0.717) is 17.5 Å². The second-order valence-electron chi connectivity index (χ2n) is 6.18. The Balaban J connectivity index is 1.77. The van der Waals surface area contributed by atoms with E-state index < -0.39 is 0 Å². The first-order valence-corrected chi connectivity index (χ1v) is 8.72. The highest BCUT2D eigenvalue weighted by molar-refractivity contribution is 5.92. The summed E-state index contributed by atoms with van der Waals surface area (Å²) in [6.45, 7) is 0. The van der Waals surface area contributed by atoms with E-state index in [4.69, 9.17) is 19.4 Å². The molecule has 5 rings (SSSR count). The Hall–Kier alpha value is -3.79. The number of nitrogens with zero attached hydrogens (tertiary/aromatic N) is 3. The molecular formula is C23H15N3O. The van der Waals surface area contributed by atoms with Gasteiger partial charge in [-0.2, -0.15) is 0 Å². The van der Waals surface area contributed by atoms with Crippen LogP contribution >= 0.6 is 0 Å². The van der Waals surface area contributed by atoms with Gasteiger partial charge >= 0.3 is 0 Å². The summed E-state index contributed by atoms with van der Waals surface area (Å²) in [5.41, 5.74) is 3.66. The van der Waals surface area contributed by atoms with E-state index in [1.807, 2.05) is 84.9 Å². The van der Waals surface area contributed by atoms with E-state index >= 15 is 0 Å². The molecule has 0 bridgehead atoms. The molecule has 0 fully saturated rings. The summed E-state index contributed by atoms with van der Waals surface area (Å²) in [6, 6.07) is 27.8. The maximum Gasteiger partial charge on any atom is 0.164 e. The zero-order valence-corrected chi connectivity index (χ0v) is 14.4. The van der Waals surface area contributed by atoms with Gasteiger partial charge in [0, 0.05) is 22.1 Å². The lowest BCUT2D eigenvalue weighted by molar-refractivity contribution is 0.616. The minimum absolute atomic E-state index is 0.634. The van der Waals surface area contributed by atoms with Gasteiger partial charge in [-0.1, -0.05) is 72.8 Å². The Bertz CT molecular complexity index is 1160. The molecule has 0 N–H and O–H groups in total. The monoisotopic (exact) mass is 349 g/mol. The second kappa shape index (κ2) is 6.50. The lowest BCUT2D eigenvalue weighted by Gasteiger charge is -2.08. The van der Waals surface area contributed by atoms with E-state index in [0.717, 1.165) is 27.7 Å². The molecule has 0 saturated carbocycles. The first-order valence-electron chi connectivity index (χ1n) is 8.72. The van der Waals surface area contributed by atoms with Crippen molar-refractivity contribution in [3.8, 4) is 34.2 Å². The topological polar surface area (TPSA) is 51.8 Å². The number of hydrogen-bond donors (Lipinski definition) is 0. The van der Waals surface area contributed by atoms with E-state index in [1.54, 1.807) is 6.26 Å². The predicted molar refractivity (Wildman–Crippen MR) is 106 cm³/mol. The molecule has 4 nitrogen and oxygen atoms in total. The van der Waals surface area contributed by atoms with Crippen LogP contribution < -0.4 is 0 Å². The fourth-order valence-electron chi connectivity index (χ4n) is 3.12. The summed E-state index contributed by atoms with van der Waals surface area (Å²) in [7, 11) is 0. The molecule has 0 aliphatic heterocycles. The number of fused-ring (bicyclic) bond motifs is 1. The van der Waals surface area contributed by atoms with E-state index in [-0.39, 0.29) is 0 Å². The highest BCUT2D eigenvalue weighted by atomic mass is 16.3. The van der Waals surface area contributed by atoms with Gasteiger partial charge in [0.05, 0.1) is 6.26 Å². The average Bonchev–Trinajstić information content (AvgIpc) is 3.24. The van der Waals surface area contributed by atoms with Crippen LogP contribution in [-0.2, 0) is 0 Å². The molecule has 27 heavy (non-hydrogen) atoms. The minimum Gasteiger partial charge on any atom is -0.464 e. The summed E-state index contributed by atoms with van der Waals surface area (Å²) in [5.74, 6) is 1.94. The normalized spacial score (nSPS) is 11.0. The van der Waals surface area contributed by atoms with Gasteiger partial charge in [0.2, 0.25) is 0 Å². The maximum absolute atomic E-state index is 5.54. The molecule has 0 atom stereocenters. The molecule has 3 aromatic carbocycles.